The molecule has 2 heterocycles. The van der Waals surface area contributed by atoms with Crippen LogP contribution in [0, 0.1) is 6.92 Å². The first-order valence-corrected chi connectivity index (χ1v) is 10.4. The highest BCUT2D eigenvalue weighted by Gasteiger charge is 2.79. The van der Waals surface area contributed by atoms with Crippen LogP contribution in [-0.2, 0) is 38.9 Å². The van der Waals surface area contributed by atoms with E-state index >= 15 is 0 Å². The Hall–Kier alpha value is -3.23. The van der Waals surface area contributed by atoms with Gasteiger partial charge in [0.2, 0.25) is 5.60 Å². The molecule has 2 aromatic carbocycles. The van der Waals surface area contributed by atoms with Crippen molar-refractivity contribution in [3.05, 3.63) is 65.2 Å². The fourth-order valence-corrected chi connectivity index (χ4v) is 4.45. The Bertz CT molecular complexity index is 1050. The van der Waals surface area contributed by atoms with Crippen LogP contribution in [0.2, 0.25) is 0 Å². The molecule has 2 aliphatic heterocycles. The van der Waals surface area contributed by atoms with Crippen molar-refractivity contribution in [1.82, 2.24) is 0 Å². The zero-order chi connectivity index (χ0) is 23.1. The van der Waals surface area contributed by atoms with Gasteiger partial charge in [-0.3, -0.25) is 4.79 Å². The van der Waals surface area contributed by atoms with Gasteiger partial charge in [0.15, 0.2) is 6.29 Å². The summed E-state index contributed by atoms with van der Waals surface area (Å²) in [5, 5.41) is 0. The van der Waals surface area contributed by atoms with E-state index in [1.165, 1.54) is 4.90 Å². The Balaban J connectivity index is 2.00. The lowest BCUT2D eigenvalue weighted by molar-refractivity contribution is -0.193. The summed E-state index contributed by atoms with van der Waals surface area (Å²) in [6, 6.07) is 14.1. The maximum atomic E-state index is 14.0. The lowest BCUT2D eigenvalue weighted by atomic mass is 9.78. The second-order valence-corrected chi connectivity index (χ2v) is 7.80. The van der Waals surface area contributed by atoms with Gasteiger partial charge in [0.05, 0.1) is 19.9 Å². The Morgan fingerprint density at radius 3 is 2.22 bits per heavy atom. The van der Waals surface area contributed by atoms with Crippen molar-refractivity contribution < 1.29 is 33.3 Å². The van der Waals surface area contributed by atoms with E-state index in [1.807, 2.05) is 26.0 Å². The second kappa shape index (κ2) is 8.03. The van der Waals surface area contributed by atoms with E-state index in [0.29, 0.717) is 29.8 Å². The topological polar surface area (TPSA) is 91.4 Å². The molecule has 2 aliphatic rings. The molecule has 0 bridgehead atoms. The molecular weight excluding hydrogens is 414 g/mol. The third-order valence-corrected chi connectivity index (χ3v) is 5.93. The predicted octanol–water partition coefficient (Wildman–Crippen LogP) is 2.78. The molecule has 2 aromatic rings. The first kappa shape index (κ1) is 22.0. The number of fused-ring (bicyclic) bond motifs is 2. The van der Waals surface area contributed by atoms with Crippen LogP contribution in [0.5, 0.6) is 0 Å². The zero-order valence-corrected chi connectivity index (χ0v) is 18.4. The minimum atomic E-state index is -2.48. The molecule has 32 heavy (non-hydrogen) atoms. The second-order valence-electron chi connectivity index (χ2n) is 7.80. The number of carbonyl (C=O) groups is 3. The maximum Gasteiger partial charge on any atom is 0.354 e. The van der Waals surface area contributed by atoms with Gasteiger partial charge in [-0.2, -0.15) is 0 Å². The molecule has 8 nitrogen and oxygen atoms in total. The number of aryl methyl sites for hydroxylation is 1. The van der Waals surface area contributed by atoms with Crippen LogP contribution in [0.1, 0.15) is 36.3 Å². The molecule has 0 radical (unpaired) electrons. The minimum Gasteiger partial charge on any atom is -0.466 e. The SMILES string of the molecule is CCCN1C(=O)C2(OC(c3ccc(C)cc3)OC2(C(=O)OC)C(=O)OC)c2ccccc21. The largest absolute Gasteiger partial charge is 0.466 e. The van der Waals surface area contributed by atoms with Crippen LogP contribution < -0.4 is 4.90 Å². The van der Waals surface area contributed by atoms with E-state index in [2.05, 4.69) is 0 Å². The average molecular weight is 439 g/mol. The van der Waals surface area contributed by atoms with Gasteiger partial charge >= 0.3 is 17.5 Å². The number of benzene rings is 2. The average Bonchev–Trinajstić information content (AvgIpc) is 3.30. The van der Waals surface area contributed by atoms with Crippen LogP contribution in [0.3, 0.4) is 0 Å². The molecule has 1 spiro atoms. The summed E-state index contributed by atoms with van der Waals surface area (Å²) in [4.78, 5) is 42.0. The number of esters is 2. The molecule has 0 N–H and O–H groups in total. The van der Waals surface area contributed by atoms with Gasteiger partial charge in [-0.25, -0.2) is 9.59 Å². The van der Waals surface area contributed by atoms with Gasteiger partial charge in [0, 0.05) is 17.7 Å². The van der Waals surface area contributed by atoms with Crippen molar-refractivity contribution in [2.75, 3.05) is 25.7 Å². The summed E-state index contributed by atoms with van der Waals surface area (Å²) in [5.74, 6) is -2.72. The van der Waals surface area contributed by atoms with Gasteiger partial charge in [0.25, 0.3) is 5.91 Å². The molecule has 2 atom stereocenters. The first-order valence-electron chi connectivity index (χ1n) is 10.4. The summed E-state index contributed by atoms with van der Waals surface area (Å²) >= 11 is 0. The fourth-order valence-electron chi connectivity index (χ4n) is 4.45. The predicted molar refractivity (Wildman–Crippen MR) is 114 cm³/mol. The van der Waals surface area contributed by atoms with E-state index in [1.54, 1.807) is 36.4 Å². The van der Waals surface area contributed by atoms with Crippen molar-refractivity contribution in [3.8, 4) is 0 Å². The number of ether oxygens (including phenoxy) is 4. The highest BCUT2D eigenvalue weighted by atomic mass is 16.8. The van der Waals surface area contributed by atoms with Crippen LogP contribution in [0.25, 0.3) is 0 Å². The maximum absolute atomic E-state index is 14.0. The molecule has 4 rings (SSSR count). The number of methoxy groups -OCH3 is 2. The number of amides is 1. The van der Waals surface area contributed by atoms with E-state index < -0.39 is 35.3 Å². The number of para-hydroxylation sites is 1. The van der Waals surface area contributed by atoms with Crippen molar-refractivity contribution >= 4 is 23.5 Å². The van der Waals surface area contributed by atoms with E-state index in [9.17, 15) is 14.4 Å². The molecule has 0 aliphatic carbocycles. The standard InChI is InChI=1S/C24H25NO7/c1-5-14-25-18-9-7-6-8-17(18)23(20(25)26)24(21(27)29-3,22(28)30-4)32-19(31-23)16-12-10-15(2)11-13-16/h6-13,19H,5,14H2,1-4H3. The first-order chi connectivity index (χ1) is 15.4. The molecular formula is C24H25NO7. The minimum absolute atomic E-state index is 0.351. The Kier molecular flexibility index (Phi) is 5.52. The summed E-state index contributed by atoms with van der Waals surface area (Å²) in [6.45, 7) is 4.22. The Labute approximate surface area is 186 Å². The highest BCUT2D eigenvalue weighted by Crippen LogP contribution is 2.58. The van der Waals surface area contributed by atoms with Crippen LogP contribution in [-0.4, -0.2) is 44.2 Å². The fraction of sp³-hybridized carbons (Fsp3) is 0.375. The van der Waals surface area contributed by atoms with Gasteiger partial charge in [-0.15, -0.1) is 0 Å². The molecule has 0 saturated carbocycles. The molecule has 2 unspecified atom stereocenters. The quantitative estimate of drug-likeness (QED) is 0.523. The summed E-state index contributed by atoms with van der Waals surface area (Å²) < 4.78 is 22.3. The van der Waals surface area contributed by atoms with Gasteiger partial charge in [0.1, 0.15) is 0 Å². The molecule has 168 valence electrons. The highest BCUT2D eigenvalue weighted by molar-refractivity contribution is 6.18. The monoisotopic (exact) mass is 439 g/mol. The lowest BCUT2D eigenvalue weighted by Crippen LogP contribution is -2.65. The van der Waals surface area contributed by atoms with E-state index in [0.717, 1.165) is 19.8 Å². The Morgan fingerprint density at radius 2 is 1.62 bits per heavy atom. The molecule has 1 fully saturated rings. The van der Waals surface area contributed by atoms with Crippen LogP contribution in [0.15, 0.2) is 48.5 Å². The molecule has 8 heteroatoms. The molecule has 1 saturated heterocycles. The smallest absolute Gasteiger partial charge is 0.354 e. The van der Waals surface area contributed by atoms with E-state index in [-0.39, 0.29) is 0 Å². The lowest BCUT2D eigenvalue weighted by Gasteiger charge is -2.34. The molecule has 1 amide bonds. The van der Waals surface area contributed by atoms with Gasteiger partial charge < -0.3 is 23.8 Å². The summed E-state index contributed by atoms with van der Waals surface area (Å²) in [7, 11) is 2.25. The summed E-state index contributed by atoms with van der Waals surface area (Å²) in [6.07, 6.45) is -0.533. The summed E-state index contributed by atoms with van der Waals surface area (Å²) in [5.41, 5.74) is -2.14. The normalized spacial score (nSPS) is 23.3. The van der Waals surface area contributed by atoms with Crippen molar-refractivity contribution in [2.24, 2.45) is 0 Å². The van der Waals surface area contributed by atoms with Crippen molar-refractivity contribution in [1.29, 1.82) is 0 Å². The number of rotatable bonds is 5. The van der Waals surface area contributed by atoms with Gasteiger partial charge in [-0.05, 0) is 19.4 Å². The number of nitrogens with zero attached hydrogens (tertiary/aromatic N) is 1. The number of hydrogen-bond donors (Lipinski definition) is 0. The third kappa shape index (κ3) is 2.79. The molecule has 0 aromatic heterocycles. The van der Waals surface area contributed by atoms with Crippen molar-refractivity contribution in [2.45, 2.75) is 37.8 Å². The number of hydrogen-bond acceptors (Lipinski definition) is 7. The Morgan fingerprint density at radius 1 is 1.00 bits per heavy atom. The number of anilines is 1. The zero-order valence-electron chi connectivity index (χ0n) is 18.4. The van der Waals surface area contributed by atoms with E-state index in [4.69, 9.17) is 18.9 Å². The van der Waals surface area contributed by atoms with Crippen molar-refractivity contribution in [3.63, 3.8) is 0 Å². The van der Waals surface area contributed by atoms with Gasteiger partial charge in [-0.1, -0.05) is 55.0 Å². The number of carbonyl (C=O) groups excluding carboxylic acids is 3. The van der Waals surface area contributed by atoms with Crippen LogP contribution in [0.4, 0.5) is 5.69 Å². The third-order valence-electron chi connectivity index (χ3n) is 5.93. The van der Waals surface area contributed by atoms with Crippen LogP contribution >= 0.6 is 0 Å².